The first kappa shape index (κ1) is 20.9. The number of alkyl halides is 1. The van der Waals surface area contributed by atoms with Crippen LogP contribution in [-0.2, 0) is 15.3 Å². The molecule has 1 aliphatic rings. The predicted molar refractivity (Wildman–Crippen MR) is 100 cm³/mol. The van der Waals surface area contributed by atoms with Crippen molar-refractivity contribution < 1.29 is 18.7 Å². The number of piperidine rings is 1. The Morgan fingerprint density at radius 2 is 2.00 bits per heavy atom. The van der Waals surface area contributed by atoms with Crippen LogP contribution in [0, 0.1) is 0 Å². The zero-order chi connectivity index (χ0) is 19.4. The number of carbonyl (C=O) groups excluding carboxylic acids is 1. The van der Waals surface area contributed by atoms with E-state index in [4.69, 9.17) is 21.1 Å². The summed E-state index contributed by atoms with van der Waals surface area (Å²) < 4.78 is 26.6. The van der Waals surface area contributed by atoms with Crippen LogP contribution < -0.4 is 5.32 Å². The summed E-state index contributed by atoms with van der Waals surface area (Å²) in [5.74, 6) is -2.10. The summed E-state index contributed by atoms with van der Waals surface area (Å²) in [6.45, 7) is 6.62. The van der Waals surface area contributed by atoms with Gasteiger partial charge < -0.3 is 9.47 Å². The SMILES string of the molecule is COC1CCN(CC(F)(NC(=O)OC(C)(C)C)c2cccc(Cl)c2)CC1. The first-order valence-electron chi connectivity index (χ1n) is 8.82. The number of amides is 1. The Morgan fingerprint density at radius 3 is 2.54 bits per heavy atom. The molecule has 1 N–H and O–H groups in total. The summed E-state index contributed by atoms with van der Waals surface area (Å²) >= 11 is 6.03. The Kier molecular flexibility index (Phi) is 6.88. The summed E-state index contributed by atoms with van der Waals surface area (Å²) in [4.78, 5) is 14.2. The number of benzene rings is 1. The van der Waals surface area contributed by atoms with Crippen molar-refractivity contribution in [2.75, 3.05) is 26.7 Å². The van der Waals surface area contributed by atoms with Gasteiger partial charge in [-0.05, 0) is 45.7 Å². The summed E-state index contributed by atoms with van der Waals surface area (Å²) in [5.41, 5.74) is -0.416. The molecular formula is C19H28ClFN2O3. The molecule has 0 spiro atoms. The van der Waals surface area contributed by atoms with E-state index in [1.165, 1.54) is 6.07 Å². The molecule has 7 heteroatoms. The third-order valence-corrected chi connectivity index (χ3v) is 4.53. The Morgan fingerprint density at radius 1 is 1.35 bits per heavy atom. The molecule has 1 amide bonds. The highest BCUT2D eigenvalue weighted by Gasteiger charge is 2.38. The van der Waals surface area contributed by atoms with Crippen molar-refractivity contribution >= 4 is 17.7 Å². The lowest BCUT2D eigenvalue weighted by molar-refractivity contribution is -0.00666. The molecule has 1 aromatic rings. The van der Waals surface area contributed by atoms with Crippen LogP contribution in [0.2, 0.25) is 5.02 Å². The number of rotatable bonds is 5. The van der Waals surface area contributed by atoms with E-state index >= 15 is 4.39 Å². The molecule has 1 aromatic carbocycles. The Labute approximate surface area is 159 Å². The van der Waals surface area contributed by atoms with E-state index in [2.05, 4.69) is 5.32 Å². The molecule has 0 bridgehead atoms. The van der Waals surface area contributed by atoms with Gasteiger partial charge in [-0.25, -0.2) is 9.18 Å². The van der Waals surface area contributed by atoms with Crippen LogP contribution in [0.5, 0.6) is 0 Å². The zero-order valence-electron chi connectivity index (χ0n) is 15.9. The van der Waals surface area contributed by atoms with Gasteiger partial charge in [0.2, 0.25) is 5.79 Å². The Hall–Kier alpha value is -1.37. The first-order valence-corrected chi connectivity index (χ1v) is 9.20. The molecule has 0 radical (unpaired) electrons. The summed E-state index contributed by atoms with van der Waals surface area (Å²) in [6, 6.07) is 6.48. The molecule has 146 valence electrons. The third kappa shape index (κ3) is 6.11. The zero-order valence-corrected chi connectivity index (χ0v) is 16.6. The van der Waals surface area contributed by atoms with E-state index in [0.717, 1.165) is 12.8 Å². The Bertz CT molecular complexity index is 615. The number of alkyl carbamates (subject to hydrolysis) is 1. The first-order chi connectivity index (χ1) is 12.1. The number of likely N-dealkylation sites (tertiary alicyclic amines) is 1. The predicted octanol–water partition coefficient (Wildman–Crippen LogP) is 4.10. The van der Waals surface area contributed by atoms with Gasteiger partial charge in [0.1, 0.15) is 5.60 Å². The molecule has 0 saturated carbocycles. The summed E-state index contributed by atoms with van der Waals surface area (Å²) in [5, 5.41) is 2.82. The van der Waals surface area contributed by atoms with Gasteiger partial charge in [0.15, 0.2) is 0 Å². The van der Waals surface area contributed by atoms with Gasteiger partial charge in [0.05, 0.1) is 12.6 Å². The maximum absolute atomic E-state index is 15.9. The number of hydrogen-bond acceptors (Lipinski definition) is 4. The molecule has 1 aliphatic heterocycles. The van der Waals surface area contributed by atoms with Crippen molar-refractivity contribution in [2.24, 2.45) is 0 Å². The van der Waals surface area contributed by atoms with Crippen LogP contribution in [0.3, 0.4) is 0 Å². The van der Waals surface area contributed by atoms with Gasteiger partial charge in [-0.1, -0.05) is 23.7 Å². The second-order valence-electron chi connectivity index (χ2n) is 7.65. The van der Waals surface area contributed by atoms with Crippen molar-refractivity contribution in [3.8, 4) is 0 Å². The van der Waals surface area contributed by atoms with Gasteiger partial charge in [-0.15, -0.1) is 0 Å². The molecule has 1 unspecified atom stereocenters. The molecule has 1 saturated heterocycles. The largest absolute Gasteiger partial charge is 0.444 e. The number of nitrogens with zero attached hydrogens (tertiary/aromatic N) is 1. The van der Waals surface area contributed by atoms with E-state index in [0.29, 0.717) is 23.7 Å². The minimum Gasteiger partial charge on any atom is -0.444 e. The van der Waals surface area contributed by atoms with Gasteiger partial charge in [0, 0.05) is 30.8 Å². The van der Waals surface area contributed by atoms with Crippen LogP contribution in [0.1, 0.15) is 39.2 Å². The highest BCUT2D eigenvalue weighted by molar-refractivity contribution is 6.30. The van der Waals surface area contributed by atoms with E-state index < -0.39 is 17.5 Å². The molecule has 0 aromatic heterocycles. The average molecular weight is 387 g/mol. The van der Waals surface area contributed by atoms with Gasteiger partial charge in [0.25, 0.3) is 0 Å². The number of carbonyl (C=O) groups is 1. The fraction of sp³-hybridized carbons (Fsp3) is 0.632. The second-order valence-corrected chi connectivity index (χ2v) is 8.09. The van der Waals surface area contributed by atoms with Crippen LogP contribution in [-0.4, -0.2) is 49.4 Å². The smallest absolute Gasteiger partial charge is 0.410 e. The van der Waals surface area contributed by atoms with E-state index in [1.807, 2.05) is 4.90 Å². The summed E-state index contributed by atoms with van der Waals surface area (Å²) in [6.07, 6.45) is 1.06. The quantitative estimate of drug-likeness (QED) is 0.774. The van der Waals surface area contributed by atoms with Crippen LogP contribution in [0.15, 0.2) is 24.3 Å². The van der Waals surface area contributed by atoms with Crippen LogP contribution in [0.4, 0.5) is 9.18 Å². The maximum atomic E-state index is 15.9. The van der Waals surface area contributed by atoms with E-state index in [9.17, 15) is 4.79 Å². The minimum absolute atomic E-state index is 0.0169. The number of hydrogen-bond donors (Lipinski definition) is 1. The molecule has 2 rings (SSSR count). The summed E-state index contributed by atoms with van der Waals surface area (Å²) in [7, 11) is 1.69. The second kappa shape index (κ2) is 8.55. The van der Waals surface area contributed by atoms with E-state index in [-0.39, 0.29) is 12.6 Å². The van der Waals surface area contributed by atoms with Crippen LogP contribution >= 0.6 is 11.6 Å². The molecule has 5 nitrogen and oxygen atoms in total. The van der Waals surface area contributed by atoms with Crippen molar-refractivity contribution in [3.63, 3.8) is 0 Å². The number of nitrogens with one attached hydrogen (secondary N) is 1. The van der Waals surface area contributed by atoms with Crippen molar-refractivity contribution in [2.45, 2.75) is 51.1 Å². The van der Waals surface area contributed by atoms with E-state index in [1.54, 1.807) is 46.1 Å². The topological polar surface area (TPSA) is 50.8 Å². The lowest BCUT2D eigenvalue weighted by Crippen LogP contribution is -2.53. The van der Waals surface area contributed by atoms with Crippen LogP contribution in [0.25, 0.3) is 0 Å². The fourth-order valence-electron chi connectivity index (χ4n) is 3.01. The van der Waals surface area contributed by atoms with Crippen molar-refractivity contribution in [1.82, 2.24) is 10.2 Å². The molecule has 26 heavy (non-hydrogen) atoms. The number of methoxy groups -OCH3 is 1. The number of ether oxygens (including phenoxy) is 2. The molecule has 1 heterocycles. The minimum atomic E-state index is -2.10. The van der Waals surface area contributed by atoms with Gasteiger partial charge in [-0.2, -0.15) is 0 Å². The molecule has 1 fully saturated rings. The third-order valence-electron chi connectivity index (χ3n) is 4.29. The maximum Gasteiger partial charge on any atom is 0.410 e. The van der Waals surface area contributed by atoms with Gasteiger partial charge in [-0.3, -0.25) is 10.2 Å². The normalized spacial score (nSPS) is 19.0. The number of halogens is 2. The average Bonchev–Trinajstić information content (AvgIpc) is 2.53. The monoisotopic (exact) mass is 386 g/mol. The van der Waals surface area contributed by atoms with Crippen molar-refractivity contribution in [3.05, 3.63) is 34.9 Å². The molecule has 1 atom stereocenters. The highest BCUT2D eigenvalue weighted by atomic mass is 35.5. The lowest BCUT2D eigenvalue weighted by atomic mass is 10.0. The molecule has 0 aliphatic carbocycles. The van der Waals surface area contributed by atoms with Gasteiger partial charge >= 0.3 is 6.09 Å². The fourth-order valence-corrected chi connectivity index (χ4v) is 3.20. The lowest BCUT2D eigenvalue weighted by Gasteiger charge is -2.37. The van der Waals surface area contributed by atoms with Crippen molar-refractivity contribution in [1.29, 1.82) is 0 Å². The standard InChI is InChI=1S/C19H28ClFN2O3/c1-18(2,3)26-17(24)22-19(21,14-6-5-7-15(20)12-14)13-23-10-8-16(25-4)9-11-23/h5-7,12,16H,8-11,13H2,1-4H3,(H,22,24). The molecular weight excluding hydrogens is 359 g/mol. The Balaban J connectivity index is 2.17. The highest BCUT2D eigenvalue weighted by Crippen LogP contribution is 2.29.